The Morgan fingerprint density at radius 2 is 2.00 bits per heavy atom. The average molecular weight is 308 g/mol. The van der Waals surface area contributed by atoms with Gasteiger partial charge in [-0.05, 0) is 19.8 Å². The number of rotatable bonds is 8. The van der Waals surface area contributed by atoms with Crippen molar-refractivity contribution in [2.24, 2.45) is 0 Å². The summed E-state index contributed by atoms with van der Waals surface area (Å²) >= 11 is 0. The molecular formula is C12H24N2O5S. The summed E-state index contributed by atoms with van der Waals surface area (Å²) in [6.45, 7) is 4.28. The molecule has 1 N–H and O–H groups in total. The van der Waals surface area contributed by atoms with E-state index >= 15 is 0 Å². The number of carbonyl (C=O) groups is 1. The van der Waals surface area contributed by atoms with E-state index in [2.05, 4.69) is 5.32 Å². The van der Waals surface area contributed by atoms with E-state index in [1.807, 2.05) is 0 Å². The van der Waals surface area contributed by atoms with Crippen LogP contribution in [0, 0.1) is 0 Å². The summed E-state index contributed by atoms with van der Waals surface area (Å²) in [6.07, 6.45) is 2.83. The summed E-state index contributed by atoms with van der Waals surface area (Å²) in [6, 6.07) is 0.305. The summed E-state index contributed by atoms with van der Waals surface area (Å²) in [5, 5.41) is 3.30. The van der Waals surface area contributed by atoms with Crippen LogP contribution in [-0.4, -0.2) is 70.4 Å². The zero-order valence-corrected chi connectivity index (χ0v) is 12.9. The lowest BCUT2D eigenvalue weighted by Gasteiger charge is -2.30. The van der Waals surface area contributed by atoms with E-state index in [1.54, 1.807) is 6.92 Å². The van der Waals surface area contributed by atoms with Gasteiger partial charge in [0, 0.05) is 25.7 Å². The molecule has 118 valence electrons. The molecule has 1 fully saturated rings. The highest BCUT2D eigenvalue weighted by molar-refractivity contribution is 7.88. The largest absolute Gasteiger partial charge is 0.464 e. The van der Waals surface area contributed by atoms with Crippen LogP contribution in [0.1, 0.15) is 19.8 Å². The van der Waals surface area contributed by atoms with Crippen LogP contribution in [-0.2, 0) is 24.3 Å². The Balaban J connectivity index is 2.06. The number of piperidine rings is 1. The minimum absolute atomic E-state index is 0.0258. The summed E-state index contributed by atoms with van der Waals surface area (Å²) in [5.41, 5.74) is 0. The number of nitrogens with one attached hydrogen (secondary N) is 1. The molecule has 20 heavy (non-hydrogen) atoms. The van der Waals surface area contributed by atoms with Gasteiger partial charge >= 0.3 is 5.97 Å². The molecule has 1 aliphatic rings. The summed E-state index contributed by atoms with van der Waals surface area (Å²) in [5.74, 6) is -0.353. The lowest BCUT2D eigenvalue weighted by atomic mass is 10.1. The van der Waals surface area contributed by atoms with Crippen molar-refractivity contribution in [3.05, 3.63) is 0 Å². The standard InChI is InChI=1S/C12H24N2O5S/c1-3-19-12(15)10-18-9-6-13-11-4-7-14(8-5-11)20(2,16)17/h11,13H,3-10H2,1-2H3. The van der Waals surface area contributed by atoms with Crippen molar-refractivity contribution in [2.45, 2.75) is 25.8 Å². The first-order valence-corrected chi connectivity index (χ1v) is 8.70. The van der Waals surface area contributed by atoms with Gasteiger partial charge in [0.25, 0.3) is 0 Å². The van der Waals surface area contributed by atoms with Crippen LogP contribution in [0.25, 0.3) is 0 Å². The van der Waals surface area contributed by atoms with Gasteiger partial charge in [0.2, 0.25) is 10.0 Å². The molecule has 0 atom stereocenters. The molecular weight excluding hydrogens is 284 g/mol. The van der Waals surface area contributed by atoms with E-state index in [9.17, 15) is 13.2 Å². The average Bonchev–Trinajstić information content (AvgIpc) is 2.38. The van der Waals surface area contributed by atoms with Crippen molar-refractivity contribution in [3.8, 4) is 0 Å². The number of hydrogen-bond acceptors (Lipinski definition) is 6. The van der Waals surface area contributed by atoms with Crippen LogP contribution in [0.5, 0.6) is 0 Å². The number of esters is 1. The maximum Gasteiger partial charge on any atom is 0.332 e. The second kappa shape index (κ2) is 8.56. The lowest BCUT2D eigenvalue weighted by molar-refractivity contribution is -0.148. The molecule has 0 saturated carbocycles. The molecule has 0 spiro atoms. The maximum atomic E-state index is 11.4. The van der Waals surface area contributed by atoms with E-state index in [0.717, 1.165) is 12.8 Å². The van der Waals surface area contributed by atoms with Gasteiger partial charge in [0.1, 0.15) is 6.61 Å². The number of nitrogens with zero attached hydrogens (tertiary/aromatic N) is 1. The van der Waals surface area contributed by atoms with Crippen LogP contribution in [0.15, 0.2) is 0 Å². The third-order valence-corrected chi connectivity index (χ3v) is 4.43. The van der Waals surface area contributed by atoms with E-state index in [1.165, 1.54) is 10.6 Å². The molecule has 0 bridgehead atoms. The maximum absolute atomic E-state index is 11.4. The van der Waals surface area contributed by atoms with Gasteiger partial charge in [-0.25, -0.2) is 17.5 Å². The second-order valence-electron chi connectivity index (χ2n) is 4.75. The monoisotopic (exact) mass is 308 g/mol. The van der Waals surface area contributed by atoms with Crippen LogP contribution in [0.2, 0.25) is 0 Å². The molecule has 0 aromatic carbocycles. The van der Waals surface area contributed by atoms with Crippen LogP contribution in [0.4, 0.5) is 0 Å². The molecule has 8 heteroatoms. The Morgan fingerprint density at radius 1 is 1.35 bits per heavy atom. The number of ether oxygens (including phenoxy) is 2. The highest BCUT2D eigenvalue weighted by Crippen LogP contribution is 2.12. The zero-order chi connectivity index (χ0) is 15.0. The first-order chi connectivity index (χ1) is 9.43. The number of sulfonamides is 1. The molecule has 1 saturated heterocycles. The Kier molecular flexibility index (Phi) is 7.42. The van der Waals surface area contributed by atoms with Crippen molar-refractivity contribution >= 4 is 16.0 Å². The summed E-state index contributed by atoms with van der Waals surface area (Å²) in [4.78, 5) is 11.0. The molecule has 1 rings (SSSR count). The SMILES string of the molecule is CCOC(=O)COCCNC1CCN(S(C)(=O)=O)CC1. The van der Waals surface area contributed by atoms with Crippen LogP contribution in [0.3, 0.4) is 0 Å². The van der Waals surface area contributed by atoms with E-state index < -0.39 is 10.0 Å². The first kappa shape index (κ1) is 17.4. The third-order valence-electron chi connectivity index (χ3n) is 3.13. The zero-order valence-electron chi connectivity index (χ0n) is 12.1. The van der Waals surface area contributed by atoms with Crippen molar-refractivity contribution < 1.29 is 22.7 Å². The van der Waals surface area contributed by atoms with Crippen molar-refractivity contribution in [2.75, 3.05) is 45.7 Å². The molecule has 0 radical (unpaired) electrons. The summed E-state index contributed by atoms with van der Waals surface area (Å²) in [7, 11) is -3.06. The highest BCUT2D eigenvalue weighted by atomic mass is 32.2. The fourth-order valence-electron chi connectivity index (χ4n) is 2.08. The van der Waals surface area contributed by atoms with E-state index in [4.69, 9.17) is 9.47 Å². The third kappa shape index (κ3) is 6.65. The molecule has 1 heterocycles. The molecule has 1 aliphatic heterocycles. The topological polar surface area (TPSA) is 84.9 Å². The van der Waals surface area contributed by atoms with Crippen molar-refractivity contribution in [1.82, 2.24) is 9.62 Å². The van der Waals surface area contributed by atoms with Crippen molar-refractivity contribution in [1.29, 1.82) is 0 Å². The Bertz CT molecular complexity index is 391. The fraction of sp³-hybridized carbons (Fsp3) is 0.917. The molecule has 0 unspecified atom stereocenters. The Hall–Kier alpha value is -0.700. The molecule has 0 amide bonds. The molecule has 0 aromatic rings. The van der Waals surface area contributed by atoms with E-state index in [0.29, 0.717) is 38.9 Å². The van der Waals surface area contributed by atoms with Gasteiger partial charge in [0.05, 0.1) is 19.5 Å². The Morgan fingerprint density at radius 3 is 2.55 bits per heavy atom. The summed E-state index contributed by atoms with van der Waals surface area (Å²) < 4.78 is 34.1. The molecule has 0 aromatic heterocycles. The predicted molar refractivity (Wildman–Crippen MR) is 74.9 cm³/mol. The van der Waals surface area contributed by atoms with Gasteiger partial charge in [-0.3, -0.25) is 0 Å². The fourth-order valence-corrected chi connectivity index (χ4v) is 2.96. The smallest absolute Gasteiger partial charge is 0.332 e. The van der Waals surface area contributed by atoms with Gasteiger partial charge in [-0.2, -0.15) is 0 Å². The first-order valence-electron chi connectivity index (χ1n) is 6.85. The minimum Gasteiger partial charge on any atom is -0.464 e. The second-order valence-corrected chi connectivity index (χ2v) is 6.73. The number of hydrogen-bond donors (Lipinski definition) is 1. The Labute approximate surface area is 120 Å². The van der Waals surface area contributed by atoms with Crippen LogP contribution < -0.4 is 5.32 Å². The van der Waals surface area contributed by atoms with Crippen molar-refractivity contribution in [3.63, 3.8) is 0 Å². The van der Waals surface area contributed by atoms with Gasteiger partial charge < -0.3 is 14.8 Å². The van der Waals surface area contributed by atoms with Gasteiger partial charge in [-0.1, -0.05) is 0 Å². The van der Waals surface area contributed by atoms with Gasteiger partial charge in [-0.15, -0.1) is 0 Å². The quantitative estimate of drug-likeness (QED) is 0.484. The lowest BCUT2D eigenvalue weighted by Crippen LogP contribution is -2.45. The molecule has 7 nitrogen and oxygen atoms in total. The predicted octanol–water partition coefficient (Wildman–Crippen LogP) is -0.420. The normalized spacial score (nSPS) is 18.1. The number of carbonyl (C=O) groups excluding carboxylic acids is 1. The molecule has 0 aliphatic carbocycles. The van der Waals surface area contributed by atoms with Crippen LogP contribution >= 0.6 is 0 Å². The highest BCUT2D eigenvalue weighted by Gasteiger charge is 2.24. The van der Waals surface area contributed by atoms with E-state index in [-0.39, 0.29) is 12.6 Å². The minimum atomic E-state index is -3.06. The van der Waals surface area contributed by atoms with Gasteiger partial charge in [0.15, 0.2) is 0 Å².